The summed E-state index contributed by atoms with van der Waals surface area (Å²) in [7, 11) is 1.57. The van der Waals surface area contributed by atoms with E-state index in [0.29, 0.717) is 0 Å². The zero-order valence-electron chi connectivity index (χ0n) is 12.1. The summed E-state index contributed by atoms with van der Waals surface area (Å²) in [5.41, 5.74) is 1.84. The van der Waals surface area contributed by atoms with Gasteiger partial charge >= 0.3 is 0 Å². The molecule has 2 rings (SSSR count). The minimum absolute atomic E-state index is 0.0302. The van der Waals surface area contributed by atoms with Crippen LogP contribution in [0.5, 0.6) is 0 Å². The van der Waals surface area contributed by atoms with Crippen molar-refractivity contribution in [2.75, 3.05) is 18.9 Å². The van der Waals surface area contributed by atoms with Gasteiger partial charge in [-0.2, -0.15) is 0 Å². The number of aryl methyl sites for hydroxylation is 1. The molecule has 1 aromatic carbocycles. The van der Waals surface area contributed by atoms with Gasteiger partial charge in [0.1, 0.15) is 0 Å². The molecule has 0 aliphatic carbocycles. The van der Waals surface area contributed by atoms with Crippen molar-refractivity contribution in [3.63, 3.8) is 0 Å². The van der Waals surface area contributed by atoms with Crippen LogP contribution in [-0.4, -0.2) is 30.3 Å². The molecule has 1 heterocycles. The number of carbonyl (C=O) groups is 2. The Balaban J connectivity index is 1.97. The molecule has 0 saturated heterocycles. The quantitative estimate of drug-likeness (QED) is 0.918. The van der Waals surface area contributed by atoms with Crippen molar-refractivity contribution in [2.45, 2.75) is 13.3 Å². The molecule has 0 bridgehead atoms. The van der Waals surface area contributed by atoms with E-state index in [1.165, 1.54) is 11.2 Å². The Labute approximate surface area is 123 Å². The predicted octanol–water partition coefficient (Wildman–Crippen LogP) is 2.55. The lowest BCUT2D eigenvalue weighted by atomic mass is 10.1. The summed E-state index contributed by atoms with van der Waals surface area (Å²) in [6.07, 6.45) is 2.26. The van der Waals surface area contributed by atoms with E-state index in [4.69, 9.17) is 4.42 Å². The first-order valence-electron chi connectivity index (χ1n) is 6.78. The van der Waals surface area contributed by atoms with Crippen LogP contribution in [0.3, 0.4) is 0 Å². The van der Waals surface area contributed by atoms with Gasteiger partial charge in [0, 0.05) is 12.7 Å². The molecule has 5 nitrogen and oxygen atoms in total. The summed E-state index contributed by atoms with van der Waals surface area (Å²) in [5, 5.41) is 2.83. The Kier molecular flexibility index (Phi) is 4.77. The molecule has 2 aromatic rings. The van der Waals surface area contributed by atoms with Crippen molar-refractivity contribution in [1.82, 2.24) is 4.90 Å². The third-order valence-electron chi connectivity index (χ3n) is 3.13. The number of amides is 2. The Morgan fingerprint density at radius 1 is 1.19 bits per heavy atom. The number of furan rings is 1. The maximum atomic E-state index is 12.0. The number of para-hydroxylation sites is 1. The number of nitrogens with zero attached hydrogens (tertiary/aromatic N) is 1. The molecule has 0 atom stereocenters. The summed E-state index contributed by atoms with van der Waals surface area (Å²) in [4.78, 5) is 25.3. The number of benzene rings is 1. The first-order chi connectivity index (χ1) is 10.1. The lowest BCUT2D eigenvalue weighted by Gasteiger charge is -2.16. The molecule has 110 valence electrons. The van der Waals surface area contributed by atoms with Crippen LogP contribution in [0.4, 0.5) is 5.69 Å². The van der Waals surface area contributed by atoms with Crippen molar-refractivity contribution in [3.05, 3.63) is 54.0 Å². The third kappa shape index (κ3) is 3.72. The fraction of sp³-hybridized carbons (Fsp3) is 0.250. The van der Waals surface area contributed by atoms with Gasteiger partial charge in [-0.25, -0.2) is 0 Å². The van der Waals surface area contributed by atoms with Crippen LogP contribution >= 0.6 is 0 Å². The monoisotopic (exact) mass is 286 g/mol. The summed E-state index contributed by atoms with van der Waals surface area (Å²) < 4.78 is 5.03. The van der Waals surface area contributed by atoms with Gasteiger partial charge in [-0.15, -0.1) is 0 Å². The van der Waals surface area contributed by atoms with Crippen LogP contribution in [0.25, 0.3) is 0 Å². The number of nitrogens with one attached hydrogen (secondary N) is 1. The van der Waals surface area contributed by atoms with E-state index in [-0.39, 0.29) is 24.1 Å². The van der Waals surface area contributed by atoms with Gasteiger partial charge in [0.15, 0.2) is 5.76 Å². The summed E-state index contributed by atoms with van der Waals surface area (Å²) in [5.74, 6) is -0.337. The standard InChI is InChI=1S/C16H18N2O3/c1-3-12-7-4-5-8-13(12)17-15(19)11-18(2)16(20)14-9-6-10-21-14/h4-10H,3,11H2,1-2H3,(H,17,19). The molecule has 1 N–H and O–H groups in total. The van der Waals surface area contributed by atoms with Crippen molar-refractivity contribution in [2.24, 2.45) is 0 Å². The molecule has 5 heteroatoms. The number of carbonyl (C=O) groups excluding carboxylic acids is 2. The van der Waals surface area contributed by atoms with Gasteiger partial charge in [-0.1, -0.05) is 25.1 Å². The molecule has 0 aliphatic rings. The Hall–Kier alpha value is -2.56. The van der Waals surface area contributed by atoms with Crippen molar-refractivity contribution < 1.29 is 14.0 Å². The average Bonchev–Trinajstić information content (AvgIpc) is 3.01. The van der Waals surface area contributed by atoms with Gasteiger partial charge in [-0.05, 0) is 30.2 Å². The normalized spacial score (nSPS) is 10.2. The van der Waals surface area contributed by atoms with E-state index in [1.807, 2.05) is 31.2 Å². The van der Waals surface area contributed by atoms with E-state index in [9.17, 15) is 9.59 Å². The van der Waals surface area contributed by atoms with Crippen LogP contribution in [0, 0.1) is 0 Å². The molecular weight excluding hydrogens is 268 g/mol. The van der Waals surface area contributed by atoms with E-state index in [0.717, 1.165) is 17.7 Å². The maximum absolute atomic E-state index is 12.0. The summed E-state index contributed by atoms with van der Waals surface area (Å²) in [6.45, 7) is 2.00. The Bertz CT molecular complexity index is 620. The first-order valence-corrected chi connectivity index (χ1v) is 6.78. The van der Waals surface area contributed by atoms with Gasteiger partial charge in [0.05, 0.1) is 12.8 Å². The van der Waals surface area contributed by atoms with Crippen molar-refractivity contribution >= 4 is 17.5 Å². The molecule has 2 amide bonds. The minimum Gasteiger partial charge on any atom is -0.459 e. The second-order valence-corrected chi connectivity index (χ2v) is 4.70. The van der Waals surface area contributed by atoms with Crippen LogP contribution in [0.15, 0.2) is 47.1 Å². The average molecular weight is 286 g/mol. The maximum Gasteiger partial charge on any atom is 0.289 e. The van der Waals surface area contributed by atoms with Crippen LogP contribution in [0.2, 0.25) is 0 Å². The fourth-order valence-corrected chi connectivity index (χ4v) is 2.02. The molecule has 0 saturated carbocycles. The summed E-state index contributed by atoms with van der Waals surface area (Å²) in [6, 6.07) is 10.8. The topological polar surface area (TPSA) is 62.6 Å². The van der Waals surface area contributed by atoms with Gasteiger partial charge in [-0.3, -0.25) is 9.59 Å². The Morgan fingerprint density at radius 3 is 2.62 bits per heavy atom. The van der Waals surface area contributed by atoms with Gasteiger partial charge < -0.3 is 14.6 Å². The van der Waals surface area contributed by atoms with E-state index in [2.05, 4.69) is 5.32 Å². The number of hydrogen-bond acceptors (Lipinski definition) is 3. The SMILES string of the molecule is CCc1ccccc1NC(=O)CN(C)C(=O)c1ccco1. The predicted molar refractivity (Wildman–Crippen MR) is 80.1 cm³/mol. The molecule has 0 aliphatic heterocycles. The molecular formula is C16H18N2O3. The highest BCUT2D eigenvalue weighted by molar-refractivity contribution is 5.98. The lowest BCUT2D eigenvalue weighted by molar-refractivity contribution is -0.116. The van der Waals surface area contributed by atoms with E-state index >= 15 is 0 Å². The Morgan fingerprint density at radius 2 is 1.95 bits per heavy atom. The molecule has 0 fully saturated rings. The van der Waals surface area contributed by atoms with Crippen LogP contribution in [-0.2, 0) is 11.2 Å². The number of rotatable bonds is 5. The van der Waals surface area contributed by atoms with Crippen LogP contribution < -0.4 is 5.32 Å². The number of anilines is 1. The van der Waals surface area contributed by atoms with E-state index < -0.39 is 0 Å². The highest BCUT2D eigenvalue weighted by atomic mass is 16.3. The zero-order chi connectivity index (χ0) is 15.2. The third-order valence-corrected chi connectivity index (χ3v) is 3.13. The second kappa shape index (κ2) is 6.74. The number of hydrogen-bond donors (Lipinski definition) is 1. The summed E-state index contributed by atoms with van der Waals surface area (Å²) >= 11 is 0. The minimum atomic E-state index is -0.320. The van der Waals surface area contributed by atoms with Crippen LogP contribution in [0.1, 0.15) is 23.0 Å². The molecule has 0 radical (unpaired) electrons. The van der Waals surface area contributed by atoms with Crippen molar-refractivity contribution in [1.29, 1.82) is 0 Å². The highest BCUT2D eigenvalue weighted by Gasteiger charge is 2.17. The first kappa shape index (κ1) is 14.8. The van der Waals surface area contributed by atoms with Crippen molar-refractivity contribution in [3.8, 4) is 0 Å². The largest absolute Gasteiger partial charge is 0.459 e. The molecule has 0 unspecified atom stereocenters. The van der Waals surface area contributed by atoms with Gasteiger partial charge in [0.25, 0.3) is 5.91 Å². The zero-order valence-corrected chi connectivity index (χ0v) is 12.1. The fourth-order valence-electron chi connectivity index (χ4n) is 2.02. The smallest absolute Gasteiger partial charge is 0.289 e. The lowest BCUT2D eigenvalue weighted by Crippen LogP contribution is -2.34. The number of likely N-dealkylation sites (N-methyl/N-ethyl adjacent to an activating group) is 1. The van der Waals surface area contributed by atoms with Gasteiger partial charge in [0.2, 0.25) is 5.91 Å². The molecule has 1 aromatic heterocycles. The molecule has 0 spiro atoms. The molecule has 21 heavy (non-hydrogen) atoms. The van der Waals surface area contributed by atoms with E-state index in [1.54, 1.807) is 19.2 Å². The second-order valence-electron chi connectivity index (χ2n) is 4.70. The highest BCUT2D eigenvalue weighted by Crippen LogP contribution is 2.15.